The summed E-state index contributed by atoms with van der Waals surface area (Å²) in [7, 11) is 1.73. The molecule has 1 atom stereocenters. The van der Waals surface area contributed by atoms with E-state index in [1.54, 1.807) is 7.11 Å². The van der Waals surface area contributed by atoms with E-state index < -0.39 is 0 Å². The minimum Gasteiger partial charge on any atom is -0.383 e. The van der Waals surface area contributed by atoms with Gasteiger partial charge in [-0.3, -0.25) is 0 Å². The number of benzene rings is 1. The van der Waals surface area contributed by atoms with Gasteiger partial charge < -0.3 is 10.1 Å². The summed E-state index contributed by atoms with van der Waals surface area (Å²) in [4.78, 5) is 0. The number of methoxy groups -OCH3 is 1. The van der Waals surface area contributed by atoms with Crippen LogP contribution in [0.25, 0.3) is 0 Å². The summed E-state index contributed by atoms with van der Waals surface area (Å²) < 4.78 is 5.04. The normalized spacial score (nSPS) is 14.4. The lowest BCUT2D eigenvalue weighted by Crippen LogP contribution is -2.34. The molecule has 0 saturated carbocycles. The smallest absolute Gasteiger partial charge is 0.0587 e. The van der Waals surface area contributed by atoms with Gasteiger partial charge in [-0.05, 0) is 36.0 Å². The lowest BCUT2D eigenvalue weighted by atomic mass is 9.81. The first-order valence-electron chi connectivity index (χ1n) is 6.54. The Bertz CT molecular complexity index is 339. The van der Waals surface area contributed by atoms with Crippen LogP contribution in [0.1, 0.15) is 25.8 Å². The third kappa shape index (κ3) is 5.38. The average molecular weight is 270 g/mol. The van der Waals surface area contributed by atoms with E-state index >= 15 is 0 Å². The van der Waals surface area contributed by atoms with Gasteiger partial charge in [0.2, 0.25) is 0 Å². The fourth-order valence-electron chi connectivity index (χ4n) is 1.97. The molecule has 1 aromatic carbocycles. The first-order chi connectivity index (χ1) is 8.59. The fourth-order valence-corrected chi connectivity index (χ4v) is 2.10. The van der Waals surface area contributed by atoms with E-state index in [4.69, 9.17) is 16.3 Å². The minimum atomic E-state index is 0.279. The first-order valence-corrected chi connectivity index (χ1v) is 6.91. The molecule has 0 saturated heterocycles. The van der Waals surface area contributed by atoms with Crippen LogP contribution in [0.3, 0.4) is 0 Å². The highest BCUT2D eigenvalue weighted by molar-refractivity contribution is 6.30. The summed E-state index contributed by atoms with van der Waals surface area (Å²) in [6, 6.07) is 8.16. The van der Waals surface area contributed by atoms with Crippen LogP contribution in [0.2, 0.25) is 5.02 Å². The van der Waals surface area contributed by atoms with E-state index in [2.05, 4.69) is 31.3 Å². The van der Waals surface area contributed by atoms with Gasteiger partial charge in [-0.1, -0.05) is 37.6 Å². The Morgan fingerprint density at radius 1 is 1.28 bits per heavy atom. The monoisotopic (exact) mass is 269 g/mol. The van der Waals surface area contributed by atoms with Crippen molar-refractivity contribution in [3.05, 3.63) is 34.9 Å². The van der Waals surface area contributed by atoms with Gasteiger partial charge in [0.05, 0.1) is 6.61 Å². The zero-order valence-corrected chi connectivity index (χ0v) is 12.4. The maximum Gasteiger partial charge on any atom is 0.0587 e. The minimum absolute atomic E-state index is 0.279. The van der Waals surface area contributed by atoms with Crippen molar-refractivity contribution in [2.75, 3.05) is 26.8 Å². The van der Waals surface area contributed by atoms with Crippen molar-refractivity contribution in [3.63, 3.8) is 0 Å². The van der Waals surface area contributed by atoms with Crippen LogP contribution in [0.4, 0.5) is 0 Å². The van der Waals surface area contributed by atoms with E-state index in [-0.39, 0.29) is 5.41 Å². The number of rotatable bonds is 8. The Morgan fingerprint density at radius 2 is 1.94 bits per heavy atom. The zero-order chi connectivity index (χ0) is 13.4. The van der Waals surface area contributed by atoms with Crippen molar-refractivity contribution in [1.29, 1.82) is 0 Å². The summed E-state index contributed by atoms with van der Waals surface area (Å²) in [5.74, 6) is 0. The Morgan fingerprint density at radius 3 is 2.50 bits per heavy atom. The molecule has 0 aromatic heterocycles. The molecule has 0 aliphatic carbocycles. The lowest BCUT2D eigenvalue weighted by molar-refractivity contribution is 0.191. The van der Waals surface area contributed by atoms with Gasteiger partial charge in [-0.25, -0.2) is 0 Å². The molecule has 102 valence electrons. The average Bonchev–Trinajstić information content (AvgIpc) is 2.38. The van der Waals surface area contributed by atoms with Gasteiger partial charge in [-0.15, -0.1) is 0 Å². The summed E-state index contributed by atoms with van der Waals surface area (Å²) in [6.45, 7) is 7.25. The van der Waals surface area contributed by atoms with Gasteiger partial charge in [0, 0.05) is 25.2 Å². The van der Waals surface area contributed by atoms with E-state index in [0.717, 1.165) is 37.6 Å². The second-order valence-corrected chi connectivity index (χ2v) is 5.57. The fraction of sp³-hybridized carbons (Fsp3) is 0.600. The topological polar surface area (TPSA) is 21.3 Å². The number of hydrogen-bond donors (Lipinski definition) is 1. The van der Waals surface area contributed by atoms with E-state index in [1.165, 1.54) is 5.56 Å². The molecule has 0 fully saturated rings. The van der Waals surface area contributed by atoms with E-state index in [1.807, 2.05) is 12.1 Å². The molecule has 3 heteroatoms. The predicted octanol–water partition coefficient (Wildman–Crippen LogP) is 3.53. The Hall–Kier alpha value is -0.570. The van der Waals surface area contributed by atoms with Gasteiger partial charge in [0.1, 0.15) is 0 Å². The molecular weight excluding hydrogens is 246 g/mol. The van der Waals surface area contributed by atoms with E-state index in [9.17, 15) is 0 Å². The summed E-state index contributed by atoms with van der Waals surface area (Å²) in [6.07, 6.45) is 2.22. The molecule has 18 heavy (non-hydrogen) atoms. The molecule has 0 radical (unpaired) electrons. The van der Waals surface area contributed by atoms with Gasteiger partial charge in [0.25, 0.3) is 0 Å². The van der Waals surface area contributed by atoms with Gasteiger partial charge in [0.15, 0.2) is 0 Å². The molecule has 0 aliphatic heterocycles. The highest BCUT2D eigenvalue weighted by atomic mass is 35.5. The van der Waals surface area contributed by atoms with Crippen LogP contribution < -0.4 is 5.32 Å². The highest BCUT2D eigenvalue weighted by Crippen LogP contribution is 2.26. The van der Waals surface area contributed by atoms with Crippen molar-refractivity contribution in [3.8, 4) is 0 Å². The largest absolute Gasteiger partial charge is 0.383 e. The van der Waals surface area contributed by atoms with Crippen LogP contribution in [0.5, 0.6) is 0 Å². The summed E-state index contributed by atoms with van der Waals surface area (Å²) in [5, 5.41) is 4.26. The predicted molar refractivity (Wildman–Crippen MR) is 78.3 cm³/mol. The van der Waals surface area contributed by atoms with Crippen molar-refractivity contribution >= 4 is 11.6 Å². The van der Waals surface area contributed by atoms with Crippen molar-refractivity contribution < 1.29 is 4.74 Å². The molecule has 1 rings (SSSR count). The highest BCUT2D eigenvalue weighted by Gasteiger charge is 2.21. The van der Waals surface area contributed by atoms with Crippen molar-refractivity contribution in [2.24, 2.45) is 5.41 Å². The molecule has 1 aromatic rings. The Balaban J connectivity index is 2.50. The van der Waals surface area contributed by atoms with E-state index in [0.29, 0.717) is 0 Å². The molecular formula is C15H24ClNO. The molecule has 0 amide bonds. The van der Waals surface area contributed by atoms with Crippen LogP contribution in [0.15, 0.2) is 24.3 Å². The SMILES string of the molecule is CCC(C)(CNCCOC)Cc1ccc(Cl)cc1. The van der Waals surface area contributed by atoms with Gasteiger partial charge >= 0.3 is 0 Å². The number of halogens is 1. The molecule has 0 spiro atoms. The third-order valence-corrected chi connectivity index (χ3v) is 3.68. The molecule has 0 bridgehead atoms. The Labute approximate surface area is 116 Å². The standard InChI is InChI=1S/C15H24ClNO/c1-4-15(2,12-17-9-10-18-3)11-13-5-7-14(16)8-6-13/h5-8,17H,4,9-12H2,1-3H3. The zero-order valence-electron chi connectivity index (χ0n) is 11.6. The third-order valence-electron chi connectivity index (χ3n) is 3.43. The van der Waals surface area contributed by atoms with Crippen LogP contribution >= 0.6 is 11.6 Å². The van der Waals surface area contributed by atoms with Crippen LogP contribution in [-0.2, 0) is 11.2 Å². The molecule has 0 heterocycles. The first kappa shape index (κ1) is 15.5. The molecule has 1 unspecified atom stereocenters. The van der Waals surface area contributed by atoms with Crippen LogP contribution in [0, 0.1) is 5.41 Å². The van der Waals surface area contributed by atoms with Gasteiger partial charge in [-0.2, -0.15) is 0 Å². The number of nitrogens with one attached hydrogen (secondary N) is 1. The molecule has 2 nitrogen and oxygen atoms in total. The van der Waals surface area contributed by atoms with Crippen LogP contribution in [-0.4, -0.2) is 26.8 Å². The second kappa shape index (κ2) is 7.78. The molecule has 0 aliphatic rings. The van der Waals surface area contributed by atoms with Crippen molar-refractivity contribution in [1.82, 2.24) is 5.32 Å². The summed E-state index contributed by atoms with van der Waals surface area (Å²) in [5.41, 5.74) is 1.62. The summed E-state index contributed by atoms with van der Waals surface area (Å²) >= 11 is 5.91. The lowest BCUT2D eigenvalue weighted by Gasteiger charge is -2.29. The number of hydrogen-bond acceptors (Lipinski definition) is 2. The molecule has 1 N–H and O–H groups in total. The quantitative estimate of drug-likeness (QED) is 0.729. The number of ether oxygens (including phenoxy) is 1. The second-order valence-electron chi connectivity index (χ2n) is 5.14. The van der Waals surface area contributed by atoms with Crippen molar-refractivity contribution in [2.45, 2.75) is 26.7 Å². The maximum absolute atomic E-state index is 5.91. The maximum atomic E-state index is 5.91. The Kier molecular flexibility index (Phi) is 6.69.